The van der Waals surface area contributed by atoms with Crippen LogP contribution >= 0.6 is 11.9 Å². The number of nitrogens with one attached hydrogen (secondary N) is 1. The molecule has 1 aliphatic rings. The van der Waals surface area contributed by atoms with Crippen LogP contribution in [0.1, 0.15) is 18.5 Å². The summed E-state index contributed by atoms with van der Waals surface area (Å²) in [6, 6.07) is 4.94. The van der Waals surface area contributed by atoms with Crippen LogP contribution in [-0.2, 0) is 19.8 Å². The molecule has 4 rings (SSSR count). The molecule has 0 spiro atoms. The normalized spacial score (nSPS) is 14.3. The van der Waals surface area contributed by atoms with Gasteiger partial charge in [-0.15, -0.1) is 0 Å². The Morgan fingerprint density at radius 2 is 2.00 bits per heavy atom. The lowest BCUT2D eigenvalue weighted by molar-refractivity contribution is -0.140. The van der Waals surface area contributed by atoms with Crippen molar-refractivity contribution in [2.75, 3.05) is 18.1 Å². The van der Waals surface area contributed by atoms with E-state index in [0.29, 0.717) is 34.8 Å². The van der Waals surface area contributed by atoms with Crippen LogP contribution in [0.4, 0.5) is 18.9 Å². The Morgan fingerprint density at radius 3 is 2.60 bits per heavy atom. The first kappa shape index (κ1) is 20.6. The van der Waals surface area contributed by atoms with Gasteiger partial charge in [-0.2, -0.15) is 18.3 Å². The Labute approximate surface area is 175 Å². The van der Waals surface area contributed by atoms with Crippen LogP contribution in [0.5, 0.6) is 5.75 Å². The lowest BCUT2D eigenvalue weighted by Crippen LogP contribution is -2.17. The Bertz CT molecular complexity index is 1170. The van der Waals surface area contributed by atoms with Crippen molar-refractivity contribution in [3.8, 4) is 16.9 Å². The van der Waals surface area contributed by atoms with Gasteiger partial charge in [0.1, 0.15) is 0 Å². The molecule has 0 unspecified atom stereocenters. The van der Waals surface area contributed by atoms with Crippen molar-refractivity contribution in [3.63, 3.8) is 0 Å². The fourth-order valence-corrected chi connectivity index (χ4v) is 3.91. The average Bonchev–Trinajstić information content (AvgIpc) is 3.42. The summed E-state index contributed by atoms with van der Waals surface area (Å²) in [6.07, 6.45) is 0.812. The van der Waals surface area contributed by atoms with Crippen molar-refractivity contribution in [2.45, 2.75) is 25.6 Å². The van der Waals surface area contributed by atoms with Crippen LogP contribution in [0.3, 0.4) is 0 Å². The molecule has 1 aliphatic carbocycles. The zero-order valence-electron chi connectivity index (χ0n) is 16.7. The van der Waals surface area contributed by atoms with Crippen LogP contribution in [0.15, 0.2) is 29.2 Å². The number of rotatable bonds is 6. The molecule has 1 saturated carbocycles. The number of hydrogen-bond donors (Lipinski definition) is 1. The quantitative estimate of drug-likeness (QED) is 0.573. The molecule has 2 heterocycles. The average molecular weight is 438 g/mol. The van der Waals surface area contributed by atoms with Crippen LogP contribution in [0, 0.1) is 5.92 Å². The van der Waals surface area contributed by atoms with E-state index >= 15 is 0 Å². The molecule has 0 aliphatic heterocycles. The Kier molecular flexibility index (Phi) is 5.21. The zero-order chi connectivity index (χ0) is 21.6. The zero-order valence-corrected chi connectivity index (χ0v) is 17.5. The fourth-order valence-electron chi connectivity index (χ4n) is 3.53. The van der Waals surface area contributed by atoms with Crippen molar-refractivity contribution >= 4 is 28.5 Å². The van der Waals surface area contributed by atoms with E-state index in [1.807, 2.05) is 0 Å². The SMILES string of the molecule is COc1cc(-c2cc(NSC)c3c(C(F)(F)F)nn(CC4CC4)c3c2)cn(C)c1=O. The number of ether oxygens (including phenoxy) is 1. The number of fused-ring (bicyclic) bond motifs is 1. The Balaban J connectivity index is 1.99. The molecular weight excluding hydrogens is 417 g/mol. The van der Waals surface area contributed by atoms with Crippen molar-refractivity contribution in [2.24, 2.45) is 13.0 Å². The maximum Gasteiger partial charge on any atom is 0.435 e. The number of pyridine rings is 1. The highest BCUT2D eigenvalue weighted by molar-refractivity contribution is 7.99. The van der Waals surface area contributed by atoms with Crippen molar-refractivity contribution in [3.05, 3.63) is 40.4 Å². The number of benzene rings is 1. The minimum absolute atomic E-state index is 0.0537. The predicted octanol–water partition coefficient (Wildman–Crippen LogP) is 4.53. The maximum absolute atomic E-state index is 13.8. The number of aryl methyl sites for hydroxylation is 1. The molecule has 10 heteroatoms. The summed E-state index contributed by atoms with van der Waals surface area (Å²) in [5, 5.41) is 4.00. The molecule has 160 valence electrons. The van der Waals surface area contributed by atoms with Crippen molar-refractivity contribution < 1.29 is 17.9 Å². The predicted molar refractivity (Wildman–Crippen MR) is 112 cm³/mol. The van der Waals surface area contributed by atoms with Crippen LogP contribution in [-0.4, -0.2) is 27.7 Å². The molecule has 1 fully saturated rings. The largest absolute Gasteiger partial charge is 0.491 e. The maximum atomic E-state index is 13.8. The third kappa shape index (κ3) is 3.76. The summed E-state index contributed by atoms with van der Waals surface area (Å²) in [6.45, 7) is 0.450. The van der Waals surface area contributed by atoms with Gasteiger partial charge in [0.25, 0.3) is 5.56 Å². The Hall–Kier alpha value is -2.62. The van der Waals surface area contributed by atoms with E-state index in [1.165, 1.54) is 28.3 Å². The first-order valence-electron chi connectivity index (χ1n) is 9.38. The van der Waals surface area contributed by atoms with E-state index in [9.17, 15) is 18.0 Å². The molecule has 0 atom stereocenters. The van der Waals surface area contributed by atoms with Gasteiger partial charge in [-0.3, -0.25) is 9.48 Å². The second kappa shape index (κ2) is 7.57. The van der Waals surface area contributed by atoms with Gasteiger partial charge in [-0.1, -0.05) is 11.9 Å². The number of alkyl halides is 3. The second-order valence-corrected chi connectivity index (χ2v) is 8.02. The lowest BCUT2D eigenvalue weighted by Gasteiger charge is -2.13. The molecule has 0 amide bonds. The van der Waals surface area contributed by atoms with Gasteiger partial charge in [-0.05, 0) is 42.5 Å². The molecule has 0 bridgehead atoms. The number of hydrogen-bond acceptors (Lipinski definition) is 5. The van der Waals surface area contributed by atoms with Gasteiger partial charge >= 0.3 is 6.18 Å². The highest BCUT2D eigenvalue weighted by Gasteiger charge is 2.38. The van der Waals surface area contributed by atoms with E-state index < -0.39 is 11.9 Å². The highest BCUT2D eigenvalue weighted by atomic mass is 32.2. The summed E-state index contributed by atoms with van der Waals surface area (Å²) >= 11 is 1.21. The first-order chi connectivity index (χ1) is 14.2. The van der Waals surface area contributed by atoms with E-state index in [2.05, 4.69) is 9.82 Å². The lowest BCUT2D eigenvalue weighted by atomic mass is 10.0. The molecule has 6 nitrogen and oxygen atoms in total. The smallest absolute Gasteiger partial charge is 0.435 e. The molecule has 1 aromatic carbocycles. The standard InChI is InChI=1S/C20H21F3N4O2S/c1-26-10-13(8-16(29-2)19(26)28)12-6-14(25-30-3)17-15(7-12)27(9-11-4-5-11)24-18(17)20(21,22)23/h6-8,10-11,25H,4-5,9H2,1-3H3. The van der Waals surface area contributed by atoms with Gasteiger partial charge in [0.05, 0.1) is 23.7 Å². The van der Waals surface area contributed by atoms with Gasteiger partial charge in [0.15, 0.2) is 11.4 Å². The third-order valence-electron chi connectivity index (χ3n) is 5.17. The summed E-state index contributed by atoms with van der Waals surface area (Å²) in [4.78, 5) is 12.1. The third-order valence-corrected chi connectivity index (χ3v) is 5.59. The number of nitrogens with zero attached hydrogens (tertiary/aromatic N) is 3. The summed E-state index contributed by atoms with van der Waals surface area (Å²) in [7, 11) is 3.01. The minimum Gasteiger partial charge on any atom is -0.491 e. The van der Waals surface area contributed by atoms with Gasteiger partial charge < -0.3 is 14.0 Å². The molecule has 0 radical (unpaired) electrons. The van der Waals surface area contributed by atoms with E-state index in [4.69, 9.17) is 4.74 Å². The monoisotopic (exact) mass is 438 g/mol. The molecule has 2 aromatic heterocycles. The van der Waals surface area contributed by atoms with E-state index in [0.717, 1.165) is 12.8 Å². The number of halogens is 3. The van der Waals surface area contributed by atoms with Crippen molar-refractivity contribution in [1.29, 1.82) is 0 Å². The van der Waals surface area contributed by atoms with Gasteiger partial charge in [0.2, 0.25) is 0 Å². The van der Waals surface area contributed by atoms with Gasteiger partial charge in [0, 0.05) is 31.6 Å². The van der Waals surface area contributed by atoms with E-state index in [1.54, 1.807) is 37.7 Å². The Morgan fingerprint density at radius 1 is 1.27 bits per heavy atom. The molecule has 1 N–H and O–H groups in total. The van der Waals surface area contributed by atoms with Gasteiger partial charge in [-0.25, -0.2) is 0 Å². The number of methoxy groups -OCH3 is 1. The van der Waals surface area contributed by atoms with Crippen LogP contribution in [0.2, 0.25) is 0 Å². The minimum atomic E-state index is -4.57. The highest BCUT2D eigenvalue weighted by Crippen LogP contribution is 2.42. The van der Waals surface area contributed by atoms with E-state index in [-0.39, 0.29) is 16.7 Å². The summed E-state index contributed by atoms with van der Waals surface area (Å²) in [5.41, 5.74) is 0.891. The second-order valence-electron chi connectivity index (χ2n) is 7.41. The first-order valence-corrected chi connectivity index (χ1v) is 10.6. The summed E-state index contributed by atoms with van der Waals surface area (Å²) < 4.78 is 52.3. The fraction of sp³-hybridized carbons (Fsp3) is 0.400. The summed E-state index contributed by atoms with van der Waals surface area (Å²) in [5.74, 6) is 0.518. The van der Waals surface area contributed by atoms with Crippen LogP contribution in [0.25, 0.3) is 22.0 Å². The molecule has 3 aromatic rings. The number of anilines is 1. The number of aromatic nitrogens is 3. The van der Waals surface area contributed by atoms with Crippen molar-refractivity contribution in [1.82, 2.24) is 14.3 Å². The topological polar surface area (TPSA) is 61.1 Å². The molecule has 30 heavy (non-hydrogen) atoms. The van der Waals surface area contributed by atoms with Crippen LogP contribution < -0.4 is 15.0 Å². The molecule has 0 saturated heterocycles. The molecular formula is C20H21F3N4O2S.